The van der Waals surface area contributed by atoms with E-state index in [0.29, 0.717) is 12.1 Å². The predicted octanol–water partition coefficient (Wildman–Crippen LogP) is 1.27. The van der Waals surface area contributed by atoms with Gasteiger partial charge in [0.25, 0.3) is 0 Å². The van der Waals surface area contributed by atoms with Crippen LogP contribution in [0.3, 0.4) is 0 Å². The molecule has 2 saturated heterocycles. The molecule has 0 aromatic heterocycles. The maximum atomic E-state index is 5.67. The summed E-state index contributed by atoms with van der Waals surface area (Å²) in [4.78, 5) is 2.56. The molecule has 0 radical (unpaired) electrons. The number of rotatable bonds is 5. The van der Waals surface area contributed by atoms with Crippen LogP contribution in [0.25, 0.3) is 0 Å². The number of nitrogens with one attached hydrogen (secondary N) is 2. The second-order valence-corrected chi connectivity index (χ2v) is 7.63. The molecular weight excluding hydrogens is 314 g/mol. The third-order valence-corrected chi connectivity index (χ3v) is 5.70. The van der Waals surface area contributed by atoms with Crippen LogP contribution in [0.2, 0.25) is 0 Å². The van der Waals surface area contributed by atoms with E-state index in [-0.39, 0.29) is 17.9 Å². The molecule has 1 saturated carbocycles. The summed E-state index contributed by atoms with van der Waals surface area (Å²) in [5.74, 6) is 0.723. The molecule has 0 spiro atoms. The van der Waals surface area contributed by atoms with E-state index in [2.05, 4.69) is 29.4 Å². The molecule has 2 heterocycles. The van der Waals surface area contributed by atoms with Crippen molar-refractivity contribution in [3.05, 3.63) is 0 Å². The van der Waals surface area contributed by atoms with Gasteiger partial charge in [-0.25, -0.2) is 0 Å². The monoisotopic (exact) mass is 347 g/mol. The Hall–Kier alpha value is 0.0900. The Labute approximate surface area is 147 Å². The van der Waals surface area contributed by atoms with E-state index in [4.69, 9.17) is 9.47 Å². The molecule has 2 aliphatic heterocycles. The average Bonchev–Trinajstić information content (AvgIpc) is 3.03. The smallest absolute Gasteiger partial charge is 0.0623 e. The summed E-state index contributed by atoms with van der Waals surface area (Å²) in [7, 11) is 0. The lowest BCUT2D eigenvalue weighted by Gasteiger charge is -2.42. The molecule has 3 rings (SSSR count). The summed E-state index contributed by atoms with van der Waals surface area (Å²) < 4.78 is 11.2. The van der Waals surface area contributed by atoms with E-state index < -0.39 is 0 Å². The van der Waals surface area contributed by atoms with Crippen molar-refractivity contribution in [3.63, 3.8) is 0 Å². The SMILES string of the molecule is CC(C)(CNC1CCCC1C1COCCN1)N1CCOCC1.Cl. The van der Waals surface area contributed by atoms with Gasteiger partial charge in [0, 0.05) is 43.8 Å². The third kappa shape index (κ3) is 5.03. The molecule has 0 amide bonds. The van der Waals surface area contributed by atoms with Crippen molar-refractivity contribution in [1.29, 1.82) is 0 Å². The van der Waals surface area contributed by atoms with Crippen LogP contribution in [0.5, 0.6) is 0 Å². The van der Waals surface area contributed by atoms with Crippen molar-refractivity contribution in [2.75, 3.05) is 52.6 Å². The zero-order valence-corrected chi connectivity index (χ0v) is 15.5. The summed E-state index contributed by atoms with van der Waals surface area (Å²) in [6.45, 7) is 12.4. The maximum Gasteiger partial charge on any atom is 0.0623 e. The van der Waals surface area contributed by atoms with Crippen molar-refractivity contribution >= 4 is 12.4 Å². The van der Waals surface area contributed by atoms with E-state index in [9.17, 15) is 0 Å². The molecular formula is C17H34ClN3O2. The molecule has 0 aromatic carbocycles. The molecule has 1 aliphatic carbocycles. The largest absolute Gasteiger partial charge is 0.379 e. The van der Waals surface area contributed by atoms with Crippen LogP contribution < -0.4 is 10.6 Å². The van der Waals surface area contributed by atoms with E-state index in [1.165, 1.54) is 19.3 Å². The van der Waals surface area contributed by atoms with Crippen LogP contribution in [-0.2, 0) is 9.47 Å². The highest BCUT2D eigenvalue weighted by Gasteiger charge is 2.36. The zero-order valence-electron chi connectivity index (χ0n) is 14.7. The van der Waals surface area contributed by atoms with Gasteiger partial charge in [-0.05, 0) is 32.6 Å². The van der Waals surface area contributed by atoms with Gasteiger partial charge in [0.2, 0.25) is 0 Å². The minimum absolute atomic E-state index is 0. The molecule has 136 valence electrons. The Morgan fingerprint density at radius 1 is 1.13 bits per heavy atom. The van der Waals surface area contributed by atoms with E-state index in [1.54, 1.807) is 0 Å². The first-order valence-electron chi connectivity index (χ1n) is 9.04. The van der Waals surface area contributed by atoms with Crippen LogP contribution in [0, 0.1) is 5.92 Å². The average molecular weight is 348 g/mol. The summed E-state index contributed by atoms with van der Waals surface area (Å²) in [6.07, 6.45) is 3.98. The van der Waals surface area contributed by atoms with Gasteiger partial charge in [0.15, 0.2) is 0 Å². The molecule has 3 unspecified atom stereocenters. The van der Waals surface area contributed by atoms with Crippen LogP contribution in [0.1, 0.15) is 33.1 Å². The Morgan fingerprint density at radius 3 is 2.61 bits per heavy atom. The fourth-order valence-electron chi connectivity index (χ4n) is 4.25. The van der Waals surface area contributed by atoms with Crippen molar-refractivity contribution in [2.24, 2.45) is 5.92 Å². The topological polar surface area (TPSA) is 45.8 Å². The second kappa shape index (κ2) is 8.97. The van der Waals surface area contributed by atoms with Gasteiger partial charge in [-0.2, -0.15) is 0 Å². The number of nitrogens with zero attached hydrogens (tertiary/aromatic N) is 1. The number of hydrogen-bond acceptors (Lipinski definition) is 5. The van der Waals surface area contributed by atoms with E-state index >= 15 is 0 Å². The molecule has 23 heavy (non-hydrogen) atoms. The number of morpholine rings is 2. The number of halogens is 1. The van der Waals surface area contributed by atoms with Crippen LogP contribution in [0.4, 0.5) is 0 Å². The van der Waals surface area contributed by atoms with Crippen LogP contribution in [-0.4, -0.2) is 75.1 Å². The molecule has 3 atom stereocenters. The maximum absolute atomic E-state index is 5.67. The summed E-state index contributed by atoms with van der Waals surface area (Å²) in [6, 6.07) is 1.18. The molecule has 0 aromatic rings. The lowest BCUT2D eigenvalue weighted by atomic mass is 9.93. The highest BCUT2D eigenvalue weighted by atomic mass is 35.5. The minimum Gasteiger partial charge on any atom is -0.379 e. The van der Waals surface area contributed by atoms with Crippen molar-refractivity contribution in [3.8, 4) is 0 Å². The van der Waals surface area contributed by atoms with Gasteiger partial charge in [-0.15, -0.1) is 12.4 Å². The summed E-state index contributed by atoms with van der Waals surface area (Å²) >= 11 is 0. The zero-order chi connectivity index (χ0) is 15.4. The summed E-state index contributed by atoms with van der Waals surface area (Å²) in [5.41, 5.74) is 0.202. The highest BCUT2D eigenvalue weighted by Crippen LogP contribution is 2.30. The Bertz CT molecular complexity index is 345. The van der Waals surface area contributed by atoms with Crippen molar-refractivity contribution < 1.29 is 9.47 Å². The minimum atomic E-state index is 0. The van der Waals surface area contributed by atoms with Crippen molar-refractivity contribution in [2.45, 2.75) is 50.7 Å². The molecule has 2 N–H and O–H groups in total. The van der Waals surface area contributed by atoms with Gasteiger partial charge in [-0.3, -0.25) is 4.90 Å². The fourth-order valence-corrected chi connectivity index (χ4v) is 4.25. The first-order valence-corrected chi connectivity index (χ1v) is 9.04. The van der Waals surface area contributed by atoms with Gasteiger partial charge >= 0.3 is 0 Å². The first kappa shape index (κ1) is 19.4. The number of hydrogen-bond donors (Lipinski definition) is 2. The normalized spacial score (nSPS) is 33.4. The lowest BCUT2D eigenvalue weighted by molar-refractivity contribution is -0.0114. The molecule has 3 fully saturated rings. The van der Waals surface area contributed by atoms with Crippen LogP contribution >= 0.6 is 12.4 Å². The molecule has 6 heteroatoms. The third-order valence-electron chi connectivity index (χ3n) is 5.70. The van der Waals surface area contributed by atoms with Gasteiger partial charge in [-0.1, -0.05) is 6.42 Å². The van der Waals surface area contributed by atoms with E-state index in [0.717, 1.165) is 58.5 Å². The standard InChI is InChI=1S/C17H33N3O2.ClH/c1-17(2,20-7-10-21-11-8-20)13-19-15-5-3-4-14(15)16-12-22-9-6-18-16;/h14-16,18-19H,3-13H2,1-2H3;1H. The highest BCUT2D eigenvalue weighted by molar-refractivity contribution is 5.85. The van der Waals surface area contributed by atoms with Gasteiger partial charge in [0.1, 0.15) is 0 Å². The predicted molar refractivity (Wildman–Crippen MR) is 95.5 cm³/mol. The van der Waals surface area contributed by atoms with E-state index in [1.807, 2.05) is 0 Å². The lowest BCUT2D eigenvalue weighted by Crippen LogP contribution is -2.57. The Kier molecular flexibility index (Phi) is 7.57. The molecule has 5 nitrogen and oxygen atoms in total. The Balaban J connectivity index is 0.00000192. The first-order chi connectivity index (χ1) is 10.7. The second-order valence-electron chi connectivity index (χ2n) is 7.63. The van der Waals surface area contributed by atoms with Crippen LogP contribution in [0.15, 0.2) is 0 Å². The van der Waals surface area contributed by atoms with Crippen molar-refractivity contribution in [1.82, 2.24) is 15.5 Å². The van der Waals surface area contributed by atoms with Gasteiger partial charge < -0.3 is 20.1 Å². The summed E-state index contributed by atoms with van der Waals surface area (Å²) in [5, 5.41) is 7.55. The number of ether oxygens (including phenoxy) is 2. The quantitative estimate of drug-likeness (QED) is 0.784. The molecule has 3 aliphatic rings. The van der Waals surface area contributed by atoms with Gasteiger partial charge in [0.05, 0.1) is 26.4 Å². The molecule has 0 bridgehead atoms. The Morgan fingerprint density at radius 2 is 1.91 bits per heavy atom. The fraction of sp³-hybridized carbons (Fsp3) is 1.00.